The molecule has 26 heteroatoms. The maximum atomic E-state index is 15.0. The highest BCUT2D eigenvalue weighted by Gasteiger charge is 2.60. The maximum Gasteiger partial charge on any atom is 0.472 e. The van der Waals surface area contributed by atoms with Gasteiger partial charge in [-0.1, -0.05) is 401 Å². The van der Waals surface area contributed by atoms with Crippen LogP contribution in [0.15, 0.2) is 0 Å². The van der Waals surface area contributed by atoms with E-state index in [1.165, 1.54) is 225 Å². The van der Waals surface area contributed by atoms with Gasteiger partial charge in [-0.15, -0.1) is 0 Å². The zero-order valence-electron chi connectivity index (χ0n) is 78.1. The van der Waals surface area contributed by atoms with E-state index < -0.39 is 162 Å². The fraction of sp³-hybridized carbons (Fsp3) is 0.959. The van der Waals surface area contributed by atoms with Crippen LogP contribution < -0.4 is 0 Å². The zero-order chi connectivity index (χ0) is 89.9. The van der Waals surface area contributed by atoms with Gasteiger partial charge in [-0.05, 0) is 37.5 Å². The molecular formula is C97H183O25P. The average Bonchev–Trinajstić information content (AvgIpc) is 0.753. The van der Waals surface area contributed by atoms with E-state index in [9.17, 15) is 74.6 Å². The molecule has 0 radical (unpaired) electrons. The summed E-state index contributed by atoms with van der Waals surface area (Å²) in [6, 6.07) is 0. The molecule has 20 unspecified atom stereocenters. The summed E-state index contributed by atoms with van der Waals surface area (Å²) in [6.07, 6.45) is 30.7. The van der Waals surface area contributed by atoms with Crippen molar-refractivity contribution in [1.82, 2.24) is 0 Å². The number of aliphatic hydroxyl groups is 9. The van der Waals surface area contributed by atoms with Crippen LogP contribution in [0.1, 0.15) is 452 Å². The minimum Gasteiger partial charge on any atom is -0.463 e. The summed E-state index contributed by atoms with van der Waals surface area (Å²) in [5, 5.41) is 103. The molecule has 0 amide bonds. The van der Waals surface area contributed by atoms with Crippen LogP contribution in [0.2, 0.25) is 0 Å². The predicted molar refractivity (Wildman–Crippen MR) is 481 cm³/mol. The van der Waals surface area contributed by atoms with Crippen LogP contribution in [0.25, 0.3) is 0 Å². The molecule has 0 aromatic rings. The van der Waals surface area contributed by atoms with Crippen LogP contribution in [0.3, 0.4) is 0 Å². The van der Waals surface area contributed by atoms with E-state index in [4.69, 9.17) is 46.9 Å². The van der Waals surface area contributed by atoms with Gasteiger partial charge in [0.1, 0.15) is 92.6 Å². The Hall–Kier alpha value is -2.53. The Bertz CT molecular complexity index is 2580. The second kappa shape index (κ2) is 74.1. The lowest BCUT2D eigenvalue weighted by molar-refractivity contribution is -0.360. The summed E-state index contributed by atoms with van der Waals surface area (Å²) in [7, 11) is -5.81. The molecule has 0 aromatic heterocycles. The molecule has 20 atom stereocenters. The lowest BCUT2D eigenvalue weighted by Gasteiger charge is -2.50. The molecule has 2 heterocycles. The van der Waals surface area contributed by atoms with Crippen molar-refractivity contribution < 1.29 is 122 Å². The first-order chi connectivity index (χ1) is 59.5. The van der Waals surface area contributed by atoms with Crippen molar-refractivity contribution in [1.29, 1.82) is 0 Å². The fourth-order valence-corrected chi connectivity index (χ4v) is 18.2. The molecule has 726 valence electrons. The van der Waals surface area contributed by atoms with E-state index in [0.717, 1.165) is 128 Å². The molecule has 2 aliphatic heterocycles. The summed E-state index contributed by atoms with van der Waals surface area (Å²) < 4.78 is 73.8. The van der Waals surface area contributed by atoms with Crippen molar-refractivity contribution >= 4 is 31.7 Å². The largest absolute Gasteiger partial charge is 0.472 e. The highest BCUT2D eigenvalue weighted by Crippen LogP contribution is 2.49. The third-order valence-electron chi connectivity index (χ3n) is 25.4. The normalized spacial score (nSPS) is 24.9. The lowest BCUT2D eigenvalue weighted by atomic mass is 9.84. The number of rotatable bonds is 82. The molecule has 0 aromatic carbocycles. The standard InChI is InChI=1S/C97H183O25P/c1-7-11-15-19-23-25-27-29-31-33-35-37-39-41-51-60-68-81(100)114-74-79-85(104)87(106)91(110)97(118-79)121-94-92(119-83(102)70-62-54-46-44-50-58-66-76(6)64-56-48-22-18-14-10-4)88(107)89(108)93(120-96-90(109)86(105)84(103)78(71-98)117-96)95(94)122-123(111,112)115-73-77(116-82(101)69-61-53-42-40-38-36-34-32-30-28-26-24-20-16-12-8-2)72-113-80(99)67-59-52-45-43-49-57-65-75(5)63-55-47-21-17-13-9-3/h75-79,84-98,103-110H,7-74H2,1-6H3,(H,111,112). The van der Waals surface area contributed by atoms with Gasteiger partial charge in [0.05, 0.1) is 13.2 Å². The summed E-state index contributed by atoms with van der Waals surface area (Å²) in [5.41, 5.74) is 0. The number of hydrogen-bond donors (Lipinski definition) is 10. The third-order valence-corrected chi connectivity index (χ3v) is 26.4. The molecule has 1 aliphatic carbocycles. The van der Waals surface area contributed by atoms with Crippen LogP contribution in [0.5, 0.6) is 0 Å². The predicted octanol–water partition coefficient (Wildman–Crippen LogP) is 19.8. The van der Waals surface area contributed by atoms with E-state index in [1.54, 1.807) is 0 Å². The fourth-order valence-electron chi connectivity index (χ4n) is 17.2. The van der Waals surface area contributed by atoms with Gasteiger partial charge in [0.25, 0.3) is 0 Å². The molecule has 3 aliphatic rings. The quantitative estimate of drug-likeness (QED) is 0.0117. The van der Waals surface area contributed by atoms with Crippen molar-refractivity contribution in [3.05, 3.63) is 0 Å². The second-order valence-corrected chi connectivity index (χ2v) is 38.3. The Morgan fingerprint density at radius 1 is 0.317 bits per heavy atom. The Morgan fingerprint density at radius 3 is 0.967 bits per heavy atom. The van der Waals surface area contributed by atoms with Gasteiger partial charge in [0.15, 0.2) is 24.8 Å². The van der Waals surface area contributed by atoms with Crippen molar-refractivity contribution in [2.45, 2.75) is 557 Å². The number of unbranched alkanes of at least 4 members (excludes halogenated alkanes) is 50. The number of carbonyl (C=O) groups is 4. The summed E-state index contributed by atoms with van der Waals surface area (Å²) in [6.45, 7) is 10.3. The highest BCUT2D eigenvalue weighted by atomic mass is 31.2. The minimum absolute atomic E-state index is 0.0195. The molecule has 2 saturated heterocycles. The maximum absolute atomic E-state index is 15.0. The van der Waals surface area contributed by atoms with Crippen LogP contribution in [-0.2, 0) is 70.7 Å². The number of aliphatic hydroxyl groups excluding tert-OH is 9. The van der Waals surface area contributed by atoms with Gasteiger partial charge in [0.2, 0.25) is 0 Å². The zero-order valence-corrected chi connectivity index (χ0v) is 79.0. The van der Waals surface area contributed by atoms with Crippen molar-refractivity contribution in [2.24, 2.45) is 11.8 Å². The highest BCUT2D eigenvalue weighted by molar-refractivity contribution is 7.47. The van der Waals surface area contributed by atoms with E-state index in [2.05, 4.69) is 41.5 Å². The van der Waals surface area contributed by atoms with Crippen LogP contribution >= 0.6 is 7.82 Å². The Labute approximate surface area is 744 Å². The van der Waals surface area contributed by atoms with Crippen LogP contribution in [-0.4, -0.2) is 205 Å². The first-order valence-corrected chi connectivity index (χ1v) is 52.0. The van der Waals surface area contributed by atoms with E-state index in [1.807, 2.05) is 0 Å². The van der Waals surface area contributed by atoms with Crippen molar-refractivity contribution in [2.75, 3.05) is 26.4 Å². The molecule has 3 rings (SSSR count). The Balaban J connectivity index is 1.91. The van der Waals surface area contributed by atoms with Crippen LogP contribution in [0.4, 0.5) is 0 Å². The number of ether oxygens (including phenoxy) is 8. The van der Waals surface area contributed by atoms with Gasteiger partial charge in [-0.25, -0.2) is 4.57 Å². The summed E-state index contributed by atoms with van der Waals surface area (Å²) >= 11 is 0. The smallest absolute Gasteiger partial charge is 0.463 e. The van der Waals surface area contributed by atoms with Gasteiger partial charge in [0, 0.05) is 25.7 Å². The van der Waals surface area contributed by atoms with Crippen molar-refractivity contribution in [3.63, 3.8) is 0 Å². The third kappa shape index (κ3) is 54.2. The number of esters is 4. The number of phosphoric acid groups is 1. The lowest BCUT2D eigenvalue weighted by Crippen LogP contribution is -2.70. The van der Waals surface area contributed by atoms with Gasteiger partial charge >= 0.3 is 31.7 Å². The first kappa shape index (κ1) is 115. The molecule has 10 N–H and O–H groups in total. The molecule has 3 fully saturated rings. The van der Waals surface area contributed by atoms with E-state index >= 15 is 0 Å². The van der Waals surface area contributed by atoms with Gasteiger partial charge in [-0.3, -0.25) is 28.2 Å². The topological polar surface area (TPSA) is 380 Å². The SMILES string of the molecule is CCCCCCCCCCCCCCCCCCC(=O)OCC1OC(OC2C(OC(=O)CCCCCCCCC(C)CCCCCCCC)C(O)C(O)C(OC3OC(CO)C(O)C(O)C3O)C2OP(=O)(O)OCC(COC(=O)CCCCCCCCC(C)CCCCCCCC)OC(=O)CCCCCCCCCCCCCCCCCC)C(O)C(O)C1O. The van der Waals surface area contributed by atoms with Crippen molar-refractivity contribution in [3.8, 4) is 0 Å². The Morgan fingerprint density at radius 2 is 0.610 bits per heavy atom. The van der Waals surface area contributed by atoms with Gasteiger partial charge in [-0.2, -0.15) is 0 Å². The molecule has 1 saturated carbocycles. The average molecular weight is 1780 g/mol. The summed E-state index contributed by atoms with van der Waals surface area (Å²) in [5.74, 6) is -1.62. The molecule has 0 spiro atoms. The molecular weight excluding hydrogens is 1600 g/mol. The minimum atomic E-state index is -5.81. The molecule has 0 bridgehead atoms. The Kier molecular flexibility index (Phi) is 69.0. The second-order valence-electron chi connectivity index (χ2n) is 36.9. The number of hydrogen-bond acceptors (Lipinski definition) is 24. The van der Waals surface area contributed by atoms with Gasteiger partial charge < -0.3 is 88.7 Å². The summed E-state index contributed by atoms with van der Waals surface area (Å²) in [4.78, 5) is 66.8. The molecule has 25 nitrogen and oxygen atoms in total. The number of phosphoric ester groups is 1. The number of carbonyl (C=O) groups excluding carboxylic acids is 4. The van der Waals surface area contributed by atoms with Crippen LogP contribution in [0, 0.1) is 11.8 Å². The van der Waals surface area contributed by atoms with E-state index in [-0.39, 0.29) is 25.7 Å². The van der Waals surface area contributed by atoms with E-state index in [0.29, 0.717) is 43.9 Å². The first-order valence-electron chi connectivity index (χ1n) is 50.6. The monoisotopic (exact) mass is 1780 g/mol. The molecule has 123 heavy (non-hydrogen) atoms.